The molecule has 6 heteroatoms. The second kappa shape index (κ2) is 6.46. The highest BCUT2D eigenvalue weighted by atomic mass is 32.1. The molecule has 1 aliphatic heterocycles. The second-order valence-corrected chi connectivity index (χ2v) is 9.12. The number of benzene rings is 1. The normalized spacial score (nSPS) is 24.9. The molecule has 3 aromatic rings. The van der Waals surface area contributed by atoms with E-state index in [2.05, 4.69) is 22.0 Å². The van der Waals surface area contributed by atoms with Crippen LogP contribution in [0.25, 0.3) is 4.96 Å². The van der Waals surface area contributed by atoms with Crippen LogP contribution in [-0.4, -0.2) is 33.9 Å². The summed E-state index contributed by atoms with van der Waals surface area (Å²) in [6, 6.07) is 10.0. The van der Waals surface area contributed by atoms with Gasteiger partial charge in [-0.05, 0) is 55.2 Å². The summed E-state index contributed by atoms with van der Waals surface area (Å²) in [6.07, 6.45) is 4.25. The lowest BCUT2D eigenvalue weighted by Gasteiger charge is -2.40. The van der Waals surface area contributed by atoms with Crippen molar-refractivity contribution in [3.63, 3.8) is 0 Å². The summed E-state index contributed by atoms with van der Waals surface area (Å²) < 4.78 is 1.68. The third-order valence-corrected chi connectivity index (χ3v) is 7.27. The van der Waals surface area contributed by atoms with Gasteiger partial charge in [-0.3, -0.25) is 9.20 Å². The van der Waals surface area contributed by atoms with Gasteiger partial charge in [0, 0.05) is 48.2 Å². The highest BCUT2D eigenvalue weighted by Gasteiger charge is 2.47. The lowest BCUT2D eigenvalue weighted by molar-refractivity contribution is 0.191. The fraction of sp³-hybridized carbons (Fsp3) is 0.429. The van der Waals surface area contributed by atoms with E-state index < -0.39 is 0 Å². The largest absolute Gasteiger partial charge is 0.399 e. The van der Waals surface area contributed by atoms with Crippen LogP contribution in [0.2, 0.25) is 0 Å². The topological polar surface area (TPSA) is 63.6 Å². The van der Waals surface area contributed by atoms with E-state index in [9.17, 15) is 4.79 Å². The van der Waals surface area contributed by atoms with Crippen molar-refractivity contribution in [2.75, 3.05) is 25.4 Å². The highest BCUT2D eigenvalue weighted by molar-refractivity contribution is 7.17. The fourth-order valence-electron chi connectivity index (χ4n) is 4.75. The van der Waals surface area contributed by atoms with Gasteiger partial charge in [-0.2, -0.15) is 0 Å². The Morgan fingerprint density at radius 2 is 2.07 bits per heavy atom. The van der Waals surface area contributed by atoms with Crippen molar-refractivity contribution in [2.24, 2.45) is 11.8 Å². The van der Waals surface area contributed by atoms with Crippen molar-refractivity contribution in [1.82, 2.24) is 14.3 Å². The van der Waals surface area contributed by atoms with E-state index in [1.165, 1.54) is 30.0 Å². The third-order valence-electron chi connectivity index (χ3n) is 6.22. The van der Waals surface area contributed by atoms with Crippen LogP contribution in [0.4, 0.5) is 5.69 Å². The number of rotatable bonds is 4. The van der Waals surface area contributed by atoms with Gasteiger partial charge in [-0.1, -0.05) is 12.1 Å². The van der Waals surface area contributed by atoms with Crippen LogP contribution in [0.15, 0.2) is 41.3 Å². The van der Waals surface area contributed by atoms with Gasteiger partial charge in [0.2, 0.25) is 0 Å². The third kappa shape index (κ3) is 3.07. The predicted molar refractivity (Wildman–Crippen MR) is 109 cm³/mol. The molecule has 0 bridgehead atoms. The van der Waals surface area contributed by atoms with Crippen molar-refractivity contribution < 1.29 is 0 Å². The molecule has 2 fully saturated rings. The Hall–Kier alpha value is -2.18. The van der Waals surface area contributed by atoms with Gasteiger partial charge in [0.05, 0.1) is 0 Å². The van der Waals surface area contributed by atoms with E-state index in [1.54, 1.807) is 21.8 Å². The average Bonchev–Trinajstić information content (AvgIpc) is 3.17. The average molecular weight is 381 g/mol. The van der Waals surface area contributed by atoms with Crippen LogP contribution < -0.4 is 11.3 Å². The Morgan fingerprint density at radius 3 is 2.89 bits per heavy atom. The molecule has 5 nitrogen and oxygen atoms in total. The molecule has 3 atom stereocenters. The molecule has 5 rings (SSSR count). The minimum atomic E-state index is 0.0190. The summed E-state index contributed by atoms with van der Waals surface area (Å²) in [4.78, 5) is 21.2. The van der Waals surface area contributed by atoms with Gasteiger partial charge in [-0.25, -0.2) is 4.98 Å². The first-order valence-corrected chi connectivity index (χ1v) is 10.4. The van der Waals surface area contributed by atoms with Crippen LogP contribution in [0, 0.1) is 18.8 Å². The number of nitrogens with zero attached hydrogens (tertiary/aromatic N) is 3. The van der Waals surface area contributed by atoms with E-state index in [4.69, 9.17) is 5.73 Å². The molecule has 1 aliphatic carbocycles. The molecule has 2 aromatic heterocycles. The molecule has 2 aliphatic rings. The minimum absolute atomic E-state index is 0.0190. The molecule has 3 unspecified atom stereocenters. The number of likely N-dealkylation sites (tertiary alicyclic amines) is 1. The van der Waals surface area contributed by atoms with Gasteiger partial charge >= 0.3 is 0 Å². The van der Waals surface area contributed by atoms with Gasteiger partial charge in [0.15, 0.2) is 4.96 Å². The zero-order valence-corrected chi connectivity index (χ0v) is 16.3. The number of thiazole rings is 1. The fourth-order valence-corrected chi connectivity index (χ4v) is 5.77. The number of nitrogens with two attached hydrogens (primary N) is 1. The molecule has 1 saturated carbocycles. The second-order valence-electron chi connectivity index (χ2n) is 8.03. The Morgan fingerprint density at radius 1 is 1.26 bits per heavy atom. The SMILES string of the molecule is Cc1cc(=O)n2cc(CCN3CC4CC(c5ccc(N)cc5)C4C3)sc2n1. The van der Waals surface area contributed by atoms with Crippen LogP contribution >= 0.6 is 11.3 Å². The summed E-state index contributed by atoms with van der Waals surface area (Å²) in [5.41, 5.74) is 8.92. The van der Waals surface area contributed by atoms with Crippen LogP contribution in [0.3, 0.4) is 0 Å². The number of aryl methyl sites for hydroxylation is 1. The van der Waals surface area contributed by atoms with Crippen molar-refractivity contribution >= 4 is 22.0 Å². The van der Waals surface area contributed by atoms with E-state index in [0.717, 1.165) is 41.1 Å². The number of aromatic nitrogens is 2. The molecular weight excluding hydrogens is 356 g/mol. The Balaban J connectivity index is 1.23. The molecular formula is C21H24N4OS. The van der Waals surface area contributed by atoms with Gasteiger partial charge in [-0.15, -0.1) is 11.3 Å². The molecule has 3 heterocycles. The smallest absolute Gasteiger partial charge is 0.258 e. The van der Waals surface area contributed by atoms with E-state index >= 15 is 0 Å². The van der Waals surface area contributed by atoms with Crippen molar-refractivity contribution in [3.05, 3.63) is 63.0 Å². The summed E-state index contributed by atoms with van der Waals surface area (Å²) >= 11 is 1.64. The highest BCUT2D eigenvalue weighted by Crippen LogP contribution is 2.51. The maximum atomic E-state index is 12.1. The molecule has 1 aromatic carbocycles. The van der Waals surface area contributed by atoms with Crippen molar-refractivity contribution in [1.29, 1.82) is 0 Å². The number of nitrogen functional groups attached to an aromatic ring is 1. The zero-order chi connectivity index (χ0) is 18.5. The lowest BCUT2D eigenvalue weighted by Crippen LogP contribution is -2.33. The first-order valence-electron chi connectivity index (χ1n) is 9.63. The van der Waals surface area contributed by atoms with Crippen LogP contribution in [-0.2, 0) is 6.42 Å². The van der Waals surface area contributed by atoms with Crippen molar-refractivity contribution in [3.8, 4) is 0 Å². The molecule has 2 N–H and O–H groups in total. The molecule has 0 spiro atoms. The zero-order valence-electron chi connectivity index (χ0n) is 15.5. The maximum absolute atomic E-state index is 12.1. The first kappa shape index (κ1) is 17.0. The Bertz CT molecular complexity index is 1040. The molecule has 27 heavy (non-hydrogen) atoms. The van der Waals surface area contributed by atoms with Crippen molar-refractivity contribution in [2.45, 2.75) is 25.7 Å². The Labute approximate surface area is 162 Å². The van der Waals surface area contributed by atoms with Gasteiger partial charge < -0.3 is 10.6 Å². The van der Waals surface area contributed by atoms with Gasteiger partial charge in [0.25, 0.3) is 5.56 Å². The standard InChI is InChI=1S/C21H24N4OS/c1-13-8-20(26)25-11-17(27-21(25)23-13)6-7-24-10-15-9-18(19(15)12-24)14-2-4-16(22)5-3-14/h2-5,8,11,15,18-19H,6-7,9-10,12,22H2,1H3. The quantitative estimate of drug-likeness (QED) is 0.707. The van der Waals surface area contributed by atoms with E-state index in [1.807, 2.05) is 25.3 Å². The molecule has 0 amide bonds. The number of fused-ring (bicyclic) bond motifs is 2. The molecule has 140 valence electrons. The number of hydrogen-bond donors (Lipinski definition) is 1. The van der Waals surface area contributed by atoms with E-state index in [0.29, 0.717) is 5.92 Å². The van der Waals surface area contributed by atoms with Gasteiger partial charge in [0.1, 0.15) is 0 Å². The molecule has 0 radical (unpaired) electrons. The van der Waals surface area contributed by atoms with Crippen LogP contribution in [0.1, 0.15) is 28.5 Å². The number of hydrogen-bond acceptors (Lipinski definition) is 5. The number of anilines is 1. The van der Waals surface area contributed by atoms with E-state index in [-0.39, 0.29) is 5.56 Å². The predicted octanol–water partition coefficient (Wildman–Crippen LogP) is 2.92. The summed E-state index contributed by atoms with van der Waals surface area (Å²) in [5.74, 6) is 2.31. The Kier molecular flexibility index (Phi) is 4.06. The monoisotopic (exact) mass is 380 g/mol. The summed E-state index contributed by atoms with van der Waals surface area (Å²) in [7, 11) is 0. The summed E-state index contributed by atoms with van der Waals surface area (Å²) in [6.45, 7) is 5.32. The first-order chi connectivity index (χ1) is 13.1. The van der Waals surface area contributed by atoms with Crippen LogP contribution in [0.5, 0.6) is 0 Å². The lowest BCUT2D eigenvalue weighted by atomic mass is 9.64. The minimum Gasteiger partial charge on any atom is -0.399 e. The molecule has 1 saturated heterocycles. The summed E-state index contributed by atoms with van der Waals surface area (Å²) in [5, 5.41) is 0. The maximum Gasteiger partial charge on any atom is 0.258 e.